The maximum Gasteiger partial charge on any atom is 0.356 e. The number of aryl methyl sites for hydroxylation is 2. The number of methoxy groups -OCH3 is 1. The fourth-order valence-electron chi connectivity index (χ4n) is 2.33. The zero-order valence-electron chi connectivity index (χ0n) is 14.8. The van der Waals surface area contributed by atoms with Gasteiger partial charge in [0, 0.05) is 25.2 Å². The number of esters is 1. The van der Waals surface area contributed by atoms with Gasteiger partial charge in [-0.05, 0) is 39.0 Å². The fourth-order valence-corrected chi connectivity index (χ4v) is 2.33. The zero-order valence-corrected chi connectivity index (χ0v) is 14.8. The Hall–Kier alpha value is -2.25. The van der Waals surface area contributed by atoms with Gasteiger partial charge < -0.3 is 14.9 Å². The summed E-state index contributed by atoms with van der Waals surface area (Å²) in [6, 6.07) is 5.14. The van der Waals surface area contributed by atoms with E-state index in [1.807, 2.05) is 0 Å². The van der Waals surface area contributed by atoms with E-state index >= 15 is 0 Å². The molecule has 1 atom stereocenters. The summed E-state index contributed by atoms with van der Waals surface area (Å²) in [5, 5.41) is 23.1. The lowest BCUT2D eigenvalue weighted by molar-refractivity contribution is -0.128. The summed E-state index contributed by atoms with van der Waals surface area (Å²) in [4.78, 5) is 15.8. The zero-order chi connectivity index (χ0) is 18.3. The van der Waals surface area contributed by atoms with E-state index in [2.05, 4.69) is 14.8 Å². The number of hydrogen-bond acceptors (Lipinski definition) is 5. The van der Waals surface area contributed by atoms with E-state index in [-0.39, 0.29) is 5.69 Å². The van der Waals surface area contributed by atoms with Crippen LogP contribution < -0.4 is 0 Å². The third-order valence-corrected chi connectivity index (χ3v) is 4.37. The molecular formula is C17H24N3O4+. The van der Waals surface area contributed by atoms with Crippen molar-refractivity contribution in [3.8, 4) is 11.3 Å². The second-order valence-corrected chi connectivity index (χ2v) is 6.54. The molecule has 0 bridgehead atoms. The molecule has 0 aliphatic heterocycles. The van der Waals surface area contributed by atoms with Crippen molar-refractivity contribution in [1.29, 1.82) is 0 Å². The summed E-state index contributed by atoms with van der Waals surface area (Å²) < 4.78 is 6.32. The Labute approximate surface area is 140 Å². The minimum atomic E-state index is -1.27. The van der Waals surface area contributed by atoms with Gasteiger partial charge in [-0.15, -0.1) is 0 Å². The third kappa shape index (κ3) is 3.05. The average molecular weight is 334 g/mol. The average Bonchev–Trinajstić information content (AvgIpc) is 2.87. The predicted molar refractivity (Wildman–Crippen MR) is 89.8 cm³/mol. The first-order valence-electron chi connectivity index (χ1n) is 7.57. The fraction of sp³-hybridized carbons (Fsp3) is 0.471. The van der Waals surface area contributed by atoms with E-state index < -0.39 is 17.2 Å². The molecule has 24 heavy (non-hydrogen) atoms. The maximum atomic E-state index is 11.6. The maximum absolute atomic E-state index is 11.6. The van der Waals surface area contributed by atoms with Crippen molar-refractivity contribution in [2.45, 2.75) is 38.9 Å². The van der Waals surface area contributed by atoms with Gasteiger partial charge in [0.25, 0.3) is 0 Å². The number of ether oxygens (including phenoxy) is 1. The highest BCUT2D eigenvalue weighted by Crippen LogP contribution is 2.34. The minimum absolute atomic E-state index is 0.239. The Bertz CT molecular complexity index is 773. The third-order valence-electron chi connectivity index (χ3n) is 4.37. The number of carbonyl (C=O) groups excluding carboxylic acids is 1. The van der Waals surface area contributed by atoms with Crippen LogP contribution in [0.2, 0.25) is 0 Å². The van der Waals surface area contributed by atoms with Crippen LogP contribution in [0.5, 0.6) is 0 Å². The number of hydrogen-bond donors (Lipinski definition) is 1. The van der Waals surface area contributed by atoms with Gasteiger partial charge in [-0.25, -0.2) is 9.78 Å². The van der Waals surface area contributed by atoms with Crippen LogP contribution in [-0.2, 0) is 17.4 Å². The first-order chi connectivity index (χ1) is 11.0. The monoisotopic (exact) mass is 334 g/mol. The SMILES string of the molecule is COC(=O)c1ccc(-c2cc(C(C)([OH2+])C(C)(C)O)nn2C)c(C)n1. The van der Waals surface area contributed by atoms with Gasteiger partial charge in [0.1, 0.15) is 17.0 Å². The van der Waals surface area contributed by atoms with Crippen molar-refractivity contribution >= 4 is 5.97 Å². The van der Waals surface area contributed by atoms with Crippen LogP contribution in [0.1, 0.15) is 42.6 Å². The molecule has 0 amide bonds. The number of rotatable bonds is 4. The number of aromatic nitrogens is 3. The van der Waals surface area contributed by atoms with Crippen LogP contribution in [-0.4, -0.2) is 43.7 Å². The van der Waals surface area contributed by atoms with Crippen LogP contribution >= 0.6 is 0 Å². The number of pyridine rings is 1. The molecule has 0 fully saturated rings. The number of carbonyl (C=O) groups is 1. The highest BCUT2D eigenvalue weighted by Gasteiger charge is 2.47. The largest absolute Gasteiger partial charge is 0.464 e. The Kier molecular flexibility index (Phi) is 4.52. The van der Waals surface area contributed by atoms with E-state index in [4.69, 9.17) is 5.11 Å². The lowest BCUT2D eigenvalue weighted by atomic mass is 9.84. The molecule has 0 aliphatic carbocycles. The van der Waals surface area contributed by atoms with E-state index in [1.54, 1.807) is 57.6 Å². The lowest BCUT2D eigenvalue weighted by Crippen LogP contribution is -2.45. The predicted octanol–water partition coefficient (Wildman–Crippen LogP) is 1.29. The molecule has 0 radical (unpaired) electrons. The lowest BCUT2D eigenvalue weighted by Gasteiger charge is -2.29. The van der Waals surface area contributed by atoms with Crippen LogP contribution in [0.15, 0.2) is 18.2 Å². The topological polar surface area (TPSA) is 100 Å². The molecule has 7 nitrogen and oxygen atoms in total. The molecule has 2 rings (SSSR count). The summed E-state index contributed by atoms with van der Waals surface area (Å²) in [7, 11) is 3.08. The van der Waals surface area contributed by atoms with E-state index in [1.165, 1.54) is 7.11 Å². The van der Waals surface area contributed by atoms with Crippen molar-refractivity contribution in [3.05, 3.63) is 35.3 Å². The Morgan fingerprint density at radius 1 is 1.33 bits per heavy atom. The normalized spacial score (nSPS) is 14.3. The number of nitrogens with zero attached hydrogens (tertiary/aromatic N) is 3. The molecule has 2 aromatic heterocycles. The van der Waals surface area contributed by atoms with Gasteiger partial charge in [-0.3, -0.25) is 4.68 Å². The molecule has 0 saturated heterocycles. The van der Waals surface area contributed by atoms with E-state index in [0.717, 1.165) is 11.3 Å². The smallest absolute Gasteiger partial charge is 0.356 e. The molecule has 7 heteroatoms. The summed E-state index contributed by atoms with van der Waals surface area (Å²) in [6.45, 7) is 6.60. The van der Waals surface area contributed by atoms with Gasteiger partial charge in [0.2, 0.25) is 5.60 Å². The Morgan fingerprint density at radius 3 is 2.46 bits per heavy atom. The van der Waals surface area contributed by atoms with Crippen molar-refractivity contribution in [3.63, 3.8) is 0 Å². The molecule has 2 heterocycles. The van der Waals surface area contributed by atoms with Gasteiger partial charge in [-0.2, -0.15) is 5.10 Å². The standard InChI is InChI=1S/C17H23N3O4/c1-10-11(7-8-12(18-10)15(21)24-6)13-9-14(19-20(13)5)17(4,23)16(2,3)22/h7-9,22-23H,1-6H3/p+1. The summed E-state index contributed by atoms with van der Waals surface area (Å²) in [5.74, 6) is -0.490. The summed E-state index contributed by atoms with van der Waals surface area (Å²) in [6.07, 6.45) is 0. The second kappa shape index (κ2) is 5.99. The molecular weight excluding hydrogens is 310 g/mol. The minimum Gasteiger partial charge on any atom is -0.464 e. The van der Waals surface area contributed by atoms with Crippen LogP contribution in [0.4, 0.5) is 0 Å². The molecule has 0 saturated carbocycles. The molecule has 0 aliphatic rings. The van der Waals surface area contributed by atoms with Crippen molar-refractivity contribution in [1.82, 2.24) is 14.8 Å². The van der Waals surface area contributed by atoms with Gasteiger partial charge in [-0.1, -0.05) is 0 Å². The Morgan fingerprint density at radius 2 is 1.96 bits per heavy atom. The van der Waals surface area contributed by atoms with Gasteiger partial charge in [0.05, 0.1) is 12.8 Å². The molecule has 2 aromatic rings. The van der Waals surface area contributed by atoms with Gasteiger partial charge in [0.15, 0.2) is 0 Å². The summed E-state index contributed by atoms with van der Waals surface area (Å²) >= 11 is 0. The van der Waals surface area contributed by atoms with E-state index in [9.17, 15) is 9.90 Å². The van der Waals surface area contributed by atoms with Crippen LogP contribution in [0, 0.1) is 6.92 Å². The summed E-state index contributed by atoms with van der Waals surface area (Å²) in [5.41, 5.74) is 0.399. The molecule has 1 unspecified atom stereocenters. The van der Waals surface area contributed by atoms with Crippen LogP contribution in [0.3, 0.4) is 0 Å². The Balaban J connectivity index is 2.50. The van der Waals surface area contributed by atoms with E-state index in [0.29, 0.717) is 11.4 Å². The van der Waals surface area contributed by atoms with Crippen molar-refractivity contribution in [2.24, 2.45) is 7.05 Å². The molecule has 130 valence electrons. The second-order valence-electron chi connectivity index (χ2n) is 6.54. The quantitative estimate of drug-likeness (QED) is 0.671. The first-order valence-corrected chi connectivity index (χ1v) is 7.57. The van der Waals surface area contributed by atoms with Crippen LogP contribution in [0.25, 0.3) is 11.3 Å². The van der Waals surface area contributed by atoms with Gasteiger partial charge >= 0.3 is 5.97 Å². The van der Waals surface area contributed by atoms with Crippen molar-refractivity contribution < 1.29 is 19.7 Å². The molecule has 0 spiro atoms. The van der Waals surface area contributed by atoms with Crippen molar-refractivity contribution in [2.75, 3.05) is 7.11 Å². The highest BCUT2D eigenvalue weighted by atomic mass is 16.5. The number of aliphatic hydroxyl groups is 1. The molecule has 3 N–H and O–H groups in total. The highest BCUT2D eigenvalue weighted by molar-refractivity contribution is 5.87. The molecule has 0 aromatic carbocycles. The first kappa shape index (κ1) is 18.1.